The van der Waals surface area contributed by atoms with Crippen molar-refractivity contribution in [3.63, 3.8) is 0 Å². The van der Waals surface area contributed by atoms with Crippen LogP contribution in [0.5, 0.6) is 5.75 Å². The Kier molecular flexibility index (Phi) is 6.75. The maximum absolute atomic E-state index is 13.1. The van der Waals surface area contributed by atoms with Crippen LogP contribution in [0.15, 0.2) is 56.8 Å². The van der Waals surface area contributed by atoms with Gasteiger partial charge in [0.2, 0.25) is 0 Å². The second-order valence-corrected chi connectivity index (χ2v) is 10.4. The van der Waals surface area contributed by atoms with E-state index in [-0.39, 0.29) is 23.8 Å². The SMILES string of the molecule is CSc1ncccc1C(=O)N1CCC2(CCN(C(=O)COc3ccc4c(C)cc(=O)oc4c3)C2)CC1. The Morgan fingerprint density at radius 1 is 1.11 bits per heavy atom. The van der Waals surface area contributed by atoms with Gasteiger partial charge in [-0.25, -0.2) is 9.78 Å². The van der Waals surface area contributed by atoms with Crippen molar-refractivity contribution in [1.82, 2.24) is 14.8 Å². The van der Waals surface area contributed by atoms with Crippen molar-refractivity contribution < 1.29 is 18.7 Å². The molecule has 9 heteroatoms. The summed E-state index contributed by atoms with van der Waals surface area (Å²) in [4.78, 5) is 45.7. The molecule has 5 rings (SSSR count). The summed E-state index contributed by atoms with van der Waals surface area (Å²) in [6, 6.07) is 10.4. The second kappa shape index (κ2) is 9.97. The Labute approximate surface area is 213 Å². The van der Waals surface area contributed by atoms with E-state index in [0.29, 0.717) is 43.1 Å². The van der Waals surface area contributed by atoms with Crippen molar-refractivity contribution in [2.75, 3.05) is 39.0 Å². The van der Waals surface area contributed by atoms with Crippen LogP contribution >= 0.6 is 11.8 Å². The number of piperidine rings is 1. The van der Waals surface area contributed by atoms with Gasteiger partial charge in [-0.15, -0.1) is 11.8 Å². The van der Waals surface area contributed by atoms with Gasteiger partial charge in [0.1, 0.15) is 16.4 Å². The number of aromatic nitrogens is 1. The molecule has 2 amide bonds. The Bertz CT molecular complexity index is 1360. The first-order chi connectivity index (χ1) is 17.4. The summed E-state index contributed by atoms with van der Waals surface area (Å²) in [5.74, 6) is 0.463. The molecule has 0 bridgehead atoms. The van der Waals surface area contributed by atoms with Crippen molar-refractivity contribution in [2.24, 2.45) is 5.41 Å². The van der Waals surface area contributed by atoms with Crippen LogP contribution in [0.4, 0.5) is 0 Å². The molecule has 188 valence electrons. The summed E-state index contributed by atoms with van der Waals surface area (Å²) in [5, 5.41) is 1.59. The monoisotopic (exact) mass is 507 g/mol. The molecule has 1 aromatic carbocycles. The van der Waals surface area contributed by atoms with Crippen LogP contribution in [0.3, 0.4) is 0 Å². The topological polar surface area (TPSA) is 93.0 Å². The fourth-order valence-corrected chi connectivity index (χ4v) is 5.80. The summed E-state index contributed by atoms with van der Waals surface area (Å²) < 4.78 is 11.0. The highest BCUT2D eigenvalue weighted by Gasteiger charge is 2.43. The molecule has 36 heavy (non-hydrogen) atoms. The summed E-state index contributed by atoms with van der Waals surface area (Å²) in [5.41, 5.74) is 1.58. The summed E-state index contributed by atoms with van der Waals surface area (Å²) in [6.45, 7) is 4.53. The Balaban J connectivity index is 1.16. The molecule has 2 saturated heterocycles. The van der Waals surface area contributed by atoms with Crippen molar-refractivity contribution in [3.05, 3.63) is 64.1 Å². The van der Waals surface area contributed by atoms with Gasteiger partial charge in [-0.1, -0.05) is 0 Å². The molecule has 0 atom stereocenters. The predicted molar refractivity (Wildman–Crippen MR) is 138 cm³/mol. The van der Waals surface area contributed by atoms with Gasteiger partial charge < -0.3 is 19.0 Å². The first kappa shape index (κ1) is 24.4. The number of nitrogens with zero attached hydrogens (tertiary/aromatic N) is 3. The number of hydrogen-bond donors (Lipinski definition) is 0. The zero-order valence-corrected chi connectivity index (χ0v) is 21.3. The van der Waals surface area contributed by atoms with Crippen molar-refractivity contribution in [3.8, 4) is 5.75 Å². The van der Waals surface area contributed by atoms with E-state index in [0.717, 1.165) is 35.2 Å². The van der Waals surface area contributed by atoms with E-state index in [4.69, 9.17) is 9.15 Å². The van der Waals surface area contributed by atoms with Gasteiger partial charge >= 0.3 is 5.63 Å². The Morgan fingerprint density at radius 3 is 2.61 bits per heavy atom. The summed E-state index contributed by atoms with van der Waals surface area (Å²) in [7, 11) is 0. The van der Waals surface area contributed by atoms with E-state index in [2.05, 4.69) is 4.98 Å². The van der Waals surface area contributed by atoms with Gasteiger partial charge in [-0.05, 0) is 67.7 Å². The van der Waals surface area contributed by atoms with Gasteiger partial charge in [-0.2, -0.15) is 0 Å². The van der Waals surface area contributed by atoms with E-state index in [1.807, 2.05) is 35.1 Å². The lowest BCUT2D eigenvalue weighted by Gasteiger charge is -2.39. The molecule has 2 aliphatic heterocycles. The van der Waals surface area contributed by atoms with Crippen LogP contribution in [0.1, 0.15) is 35.2 Å². The Hall–Kier alpha value is -3.33. The number of amides is 2. The molecule has 2 aliphatic rings. The smallest absolute Gasteiger partial charge is 0.336 e. The van der Waals surface area contributed by atoms with Crippen LogP contribution < -0.4 is 10.4 Å². The highest BCUT2D eigenvalue weighted by Crippen LogP contribution is 2.41. The largest absolute Gasteiger partial charge is 0.484 e. The molecule has 2 fully saturated rings. The predicted octanol–water partition coefficient (Wildman–Crippen LogP) is 3.75. The third-order valence-corrected chi connectivity index (χ3v) is 8.09. The zero-order valence-electron chi connectivity index (χ0n) is 20.5. The minimum absolute atomic E-state index is 0.0306. The van der Waals surface area contributed by atoms with Gasteiger partial charge in [0.15, 0.2) is 6.61 Å². The number of likely N-dealkylation sites (tertiary alicyclic amines) is 2. The number of ether oxygens (including phenoxy) is 1. The first-order valence-corrected chi connectivity index (χ1v) is 13.3. The van der Waals surface area contributed by atoms with Crippen molar-refractivity contribution in [1.29, 1.82) is 0 Å². The van der Waals surface area contributed by atoms with E-state index >= 15 is 0 Å². The molecule has 2 aromatic heterocycles. The molecule has 0 saturated carbocycles. The Morgan fingerprint density at radius 2 is 1.86 bits per heavy atom. The van der Waals surface area contributed by atoms with Crippen LogP contribution in [-0.2, 0) is 4.79 Å². The molecule has 0 aliphatic carbocycles. The second-order valence-electron chi connectivity index (χ2n) is 9.61. The molecular formula is C27H29N3O5S. The third-order valence-electron chi connectivity index (χ3n) is 7.38. The molecular weight excluding hydrogens is 478 g/mol. The van der Waals surface area contributed by atoms with Gasteiger partial charge in [0, 0.05) is 49.9 Å². The maximum Gasteiger partial charge on any atom is 0.336 e. The molecule has 0 N–H and O–H groups in total. The fraction of sp³-hybridized carbons (Fsp3) is 0.407. The maximum atomic E-state index is 13.1. The summed E-state index contributed by atoms with van der Waals surface area (Å²) in [6.07, 6.45) is 6.32. The average Bonchev–Trinajstić information content (AvgIpc) is 3.30. The van der Waals surface area contributed by atoms with E-state index in [1.165, 1.54) is 17.8 Å². The van der Waals surface area contributed by atoms with E-state index < -0.39 is 5.63 Å². The minimum Gasteiger partial charge on any atom is -0.484 e. The normalized spacial score (nSPS) is 17.1. The lowest BCUT2D eigenvalue weighted by molar-refractivity contribution is -0.132. The molecule has 0 radical (unpaired) electrons. The van der Waals surface area contributed by atoms with Crippen molar-refractivity contribution >= 4 is 34.5 Å². The quantitative estimate of drug-likeness (QED) is 0.384. The minimum atomic E-state index is -0.409. The molecule has 0 unspecified atom stereocenters. The molecule has 4 heterocycles. The number of thioether (sulfide) groups is 1. The average molecular weight is 508 g/mol. The van der Waals surface area contributed by atoms with Crippen LogP contribution in [0.25, 0.3) is 11.0 Å². The molecule has 1 spiro atoms. The van der Waals surface area contributed by atoms with Crippen LogP contribution in [0.2, 0.25) is 0 Å². The summed E-state index contributed by atoms with van der Waals surface area (Å²) >= 11 is 1.48. The third kappa shape index (κ3) is 4.84. The van der Waals surface area contributed by atoms with Gasteiger partial charge in [0.25, 0.3) is 11.8 Å². The van der Waals surface area contributed by atoms with E-state index in [9.17, 15) is 14.4 Å². The number of rotatable bonds is 5. The fourth-order valence-electron chi connectivity index (χ4n) is 5.26. The zero-order chi connectivity index (χ0) is 25.3. The first-order valence-electron chi connectivity index (χ1n) is 12.1. The van der Waals surface area contributed by atoms with Crippen LogP contribution in [-0.4, -0.2) is 65.6 Å². The number of hydrogen-bond acceptors (Lipinski definition) is 7. The number of benzene rings is 1. The van der Waals surface area contributed by atoms with E-state index in [1.54, 1.807) is 24.4 Å². The number of carbonyl (C=O) groups excluding carboxylic acids is 2. The highest BCUT2D eigenvalue weighted by atomic mass is 32.2. The van der Waals surface area contributed by atoms with Gasteiger partial charge in [-0.3, -0.25) is 9.59 Å². The number of carbonyl (C=O) groups is 2. The lowest BCUT2D eigenvalue weighted by Crippen LogP contribution is -2.45. The number of fused-ring (bicyclic) bond motifs is 1. The van der Waals surface area contributed by atoms with Crippen LogP contribution in [0, 0.1) is 12.3 Å². The molecule has 3 aromatic rings. The van der Waals surface area contributed by atoms with Crippen molar-refractivity contribution in [2.45, 2.75) is 31.2 Å². The number of pyridine rings is 1. The number of aryl methyl sites for hydroxylation is 1. The highest BCUT2D eigenvalue weighted by molar-refractivity contribution is 7.98. The van der Waals surface area contributed by atoms with Gasteiger partial charge in [0.05, 0.1) is 5.56 Å². The lowest BCUT2D eigenvalue weighted by atomic mass is 9.77. The molecule has 8 nitrogen and oxygen atoms in total. The standard InChI is InChI=1S/C27H29N3O5S/c1-18-14-24(32)35-22-15-19(5-6-20(18)22)34-16-23(31)30-13-9-27(17-30)7-11-29(12-8-27)26(33)21-4-3-10-28-25(21)36-2/h3-6,10,14-15H,7-9,11-13,16-17H2,1-2H3.